The summed E-state index contributed by atoms with van der Waals surface area (Å²) in [6.07, 6.45) is 4.50. The van der Waals surface area contributed by atoms with Crippen molar-refractivity contribution in [1.29, 1.82) is 0 Å². The molecule has 1 amide bonds. The van der Waals surface area contributed by atoms with Gasteiger partial charge < -0.3 is 10.1 Å². The van der Waals surface area contributed by atoms with E-state index in [0.717, 1.165) is 17.6 Å². The number of nitrogens with zero attached hydrogens (tertiary/aromatic N) is 2. The number of benzene rings is 1. The molecule has 7 nitrogen and oxygen atoms in total. The lowest BCUT2D eigenvalue weighted by molar-refractivity contribution is -0.116. The molecule has 2 rings (SSSR count). The van der Waals surface area contributed by atoms with E-state index in [2.05, 4.69) is 10.3 Å². The standard InChI is InChI=1S/C19H25N3O4S/c1-15(2)26-18-8-6-17(7-9-18)21-19(23)10-12-22(27(3,24)25)14-16-5-4-11-20-13-16/h4-9,11,13,15H,10,12,14H2,1-3H3,(H,21,23). The Morgan fingerprint density at radius 2 is 1.93 bits per heavy atom. The van der Waals surface area contributed by atoms with E-state index in [-0.39, 0.29) is 31.5 Å². The molecule has 0 fully saturated rings. The Morgan fingerprint density at radius 1 is 1.22 bits per heavy atom. The Morgan fingerprint density at radius 3 is 2.48 bits per heavy atom. The lowest BCUT2D eigenvalue weighted by Gasteiger charge is -2.19. The van der Waals surface area contributed by atoms with Crippen LogP contribution in [0.15, 0.2) is 48.8 Å². The van der Waals surface area contributed by atoms with Gasteiger partial charge in [-0.05, 0) is 49.7 Å². The average Bonchev–Trinajstić information content (AvgIpc) is 2.60. The predicted octanol–water partition coefficient (Wildman–Crippen LogP) is 2.66. The van der Waals surface area contributed by atoms with Gasteiger partial charge in [0.15, 0.2) is 0 Å². The molecule has 0 aliphatic heterocycles. The van der Waals surface area contributed by atoms with Crippen LogP contribution in [0.1, 0.15) is 25.8 Å². The summed E-state index contributed by atoms with van der Waals surface area (Å²) in [5.74, 6) is 0.468. The SMILES string of the molecule is CC(C)Oc1ccc(NC(=O)CCN(Cc2cccnc2)S(C)(=O)=O)cc1. The fourth-order valence-corrected chi connectivity index (χ4v) is 3.20. The molecule has 0 radical (unpaired) electrons. The number of pyridine rings is 1. The quantitative estimate of drug-likeness (QED) is 0.710. The Bertz CT molecular complexity index is 837. The van der Waals surface area contributed by atoms with Crippen molar-refractivity contribution < 1.29 is 17.9 Å². The summed E-state index contributed by atoms with van der Waals surface area (Å²) >= 11 is 0. The van der Waals surface area contributed by atoms with Crippen molar-refractivity contribution in [2.75, 3.05) is 18.1 Å². The molecule has 2 aromatic rings. The number of hydrogen-bond donors (Lipinski definition) is 1. The first-order valence-electron chi connectivity index (χ1n) is 8.64. The molecular formula is C19H25N3O4S. The number of aromatic nitrogens is 1. The van der Waals surface area contributed by atoms with E-state index in [1.54, 1.807) is 48.8 Å². The molecule has 0 saturated carbocycles. The van der Waals surface area contributed by atoms with Crippen LogP contribution in [0.4, 0.5) is 5.69 Å². The van der Waals surface area contributed by atoms with Crippen LogP contribution in [0.25, 0.3) is 0 Å². The topological polar surface area (TPSA) is 88.6 Å². The number of ether oxygens (including phenoxy) is 1. The van der Waals surface area contributed by atoms with Crippen molar-refractivity contribution in [2.24, 2.45) is 0 Å². The Hall–Kier alpha value is -2.45. The zero-order valence-electron chi connectivity index (χ0n) is 15.8. The third-order valence-corrected chi connectivity index (χ3v) is 4.90. The van der Waals surface area contributed by atoms with Gasteiger partial charge in [0.05, 0.1) is 12.4 Å². The van der Waals surface area contributed by atoms with Gasteiger partial charge in [-0.3, -0.25) is 9.78 Å². The van der Waals surface area contributed by atoms with Crippen LogP contribution in [-0.2, 0) is 21.4 Å². The highest BCUT2D eigenvalue weighted by molar-refractivity contribution is 7.88. The fourth-order valence-electron chi connectivity index (χ4n) is 2.40. The van der Waals surface area contributed by atoms with Crippen LogP contribution in [0.3, 0.4) is 0 Å². The van der Waals surface area contributed by atoms with Crippen LogP contribution in [0.5, 0.6) is 5.75 Å². The Kier molecular flexibility index (Phi) is 7.32. The van der Waals surface area contributed by atoms with Gasteiger partial charge in [0.1, 0.15) is 5.75 Å². The molecule has 0 bridgehead atoms. The van der Waals surface area contributed by atoms with Gasteiger partial charge in [-0.1, -0.05) is 6.07 Å². The molecule has 146 valence electrons. The summed E-state index contributed by atoms with van der Waals surface area (Å²) in [4.78, 5) is 16.2. The van der Waals surface area contributed by atoms with E-state index in [0.29, 0.717) is 5.69 Å². The molecule has 1 aromatic carbocycles. The Labute approximate surface area is 160 Å². The molecule has 0 atom stereocenters. The van der Waals surface area contributed by atoms with Gasteiger partial charge >= 0.3 is 0 Å². The minimum absolute atomic E-state index is 0.0532. The van der Waals surface area contributed by atoms with Crippen molar-refractivity contribution >= 4 is 21.6 Å². The summed E-state index contributed by atoms with van der Waals surface area (Å²) in [6, 6.07) is 10.6. The molecule has 0 spiro atoms. The second-order valence-corrected chi connectivity index (χ2v) is 8.43. The first-order chi connectivity index (χ1) is 12.7. The molecule has 0 unspecified atom stereocenters. The molecule has 1 N–H and O–H groups in total. The lowest BCUT2D eigenvalue weighted by Crippen LogP contribution is -2.32. The third-order valence-electron chi connectivity index (χ3n) is 3.65. The van der Waals surface area contributed by atoms with Gasteiger partial charge in [0.25, 0.3) is 0 Å². The number of amides is 1. The fraction of sp³-hybridized carbons (Fsp3) is 0.368. The minimum atomic E-state index is -3.44. The Balaban J connectivity index is 1.91. The van der Waals surface area contributed by atoms with Crippen LogP contribution in [0, 0.1) is 0 Å². The number of hydrogen-bond acceptors (Lipinski definition) is 5. The molecule has 8 heteroatoms. The number of carbonyl (C=O) groups excluding carboxylic acids is 1. The van der Waals surface area contributed by atoms with Gasteiger partial charge in [-0.25, -0.2) is 8.42 Å². The van der Waals surface area contributed by atoms with E-state index in [4.69, 9.17) is 4.74 Å². The smallest absolute Gasteiger partial charge is 0.225 e. The van der Waals surface area contributed by atoms with E-state index in [1.807, 2.05) is 13.8 Å². The average molecular weight is 391 g/mol. The van der Waals surface area contributed by atoms with E-state index in [9.17, 15) is 13.2 Å². The first-order valence-corrected chi connectivity index (χ1v) is 10.5. The molecule has 0 aliphatic carbocycles. The highest BCUT2D eigenvalue weighted by atomic mass is 32.2. The number of sulfonamides is 1. The van der Waals surface area contributed by atoms with Crippen LogP contribution in [0.2, 0.25) is 0 Å². The first kappa shape index (κ1) is 20.9. The number of anilines is 1. The third kappa shape index (κ3) is 7.36. The van der Waals surface area contributed by atoms with Crippen LogP contribution >= 0.6 is 0 Å². The maximum atomic E-state index is 12.2. The van der Waals surface area contributed by atoms with Gasteiger partial charge in [-0.2, -0.15) is 4.31 Å². The zero-order valence-corrected chi connectivity index (χ0v) is 16.6. The van der Waals surface area contributed by atoms with Crippen molar-refractivity contribution in [3.05, 3.63) is 54.4 Å². The van der Waals surface area contributed by atoms with Crippen LogP contribution in [-0.4, -0.2) is 42.5 Å². The summed E-state index contributed by atoms with van der Waals surface area (Å²) in [6.45, 7) is 4.15. The number of nitrogens with one attached hydrogen (secondary N) is 1. The normalized spacial score (nSPS) is 11.6. The lowest BCUT2D eigenvalue weighted by atomic mass is 10.2. The monoisotopic (exact) mass is 391 g/mol. The maximum Gasteiger partial charge on any atom is 0.225 e. The second kappa shape index (κ2) is 9.48. The van der Waals surface area contributed by atoms with Crippen molar-refractivity contribution in [2.45, 2.75) is 32.9 Å². The maximum absolute atomic E-state index is 12.2. The highest BCUT2D eigenvalue weighted by Gasteiger charge is 2.18. The largest absolute Gasteiger partial charge is 0.491 e. The van der Waals surface area contributed by atoms with Crippen LogP contribution < -0.4 is 10.1 Å². The van der Waals surface area contributed by atoms with Gasteiger partial charge in [-0.15, -0.1) is 0 Å². The van der Waals surface area contributed by atoms with E-state index < -0.39 is 10.0 Å². The molecular weight excluding hydrogens is 366 g/mol. The predicted molar refractivity (Wildman–Crippen MR) is 105 cm³/mol. The molecule has 1 aromatic heterocycles. The number of rotatable bonds is 9. The van der Waals surface area contributed by atoms with Crippen molar-refractivity contribution in [3.63, 3.8) is 0 Å². The van der Waals surface area contributed by atoms with Crippen molar-refractivity contribution in [3.8, 4) is 5.75 Å². The highest BCUT2D eigenvalue weighted by Crippen LogP contribution is 2.17. The molecule has 27 heavy (non-hydrogen) atoms. The molecule has 0 saturated heterocycles. The summed E-state index contributed by atoms with van der Waals surface area (Å²) in [5.41, 5.74) is 1.40. The summed E-state index contributed by atoms with van der Waals surface area (Å²) < 4.78 is 30.8. The molecule has 1 heterocycles. The summed E-state index contributed by atoms with van der Waals surface area (Å²) in [5, 5.41) is 2.76. The summed E-state index contributed by atoms with van der Waals surface area (Å²) in [7, 11) is -3.44. The minimum Gasteiger partial charge on any atom is -0.491 e. The van der Waals surface area contributed by atoms with Crippen molar-refractivity contribution in [1.82, 2.24) is 9.29 Å². The second-order valence-electron chi connectivity index (χ2n) is 6.45. The van der Waals surface area contributed by atoms with Gasteiger partial charge in [0, 0.05) is 37.6 Å². The van der Waals surface area contributed by atoms with Gasteiger partial charge in [0.2, 0.25) is 15.9 Å². The number of carbonyl (C=O) groups is 1. The van der Waals surface area contributed by atoms with E-state index >= 15 is 0 Å². The van der Waals surface area contributed by atoms with E-state index in [1.165, 1.54) is 4.31 Å². The molecule has 0 aliphatic rings. The zero-order chi connectivity index (χ0) is 19.9.